The predicted molar refractivity (Wildman–Crippen MR) is 63.8 cm³/mol. The molecular weight excluding hydrogens is 220 g/mol. The number of nitrogens with zero attached hydrogens (tertiary/aromatic N) is 3. The fourth-order valence-corrected chi connectivity index (χ4v) is 1.59. The molecule has 0 atom stereocenters. The number of aryl methyl sites for hydroxylation is 2. The van der Waals surface area contributed by atoms with Gasteiger partial charge in [0.05, 0.1) is 4.92 Å². The van der Waals surface area contributed by atoms with Crippen molar-refractivity contribution >= 4 is 11.4 Å². The summed E-state index contributed by atoms with van der Waals surface area (Å²) >= 11 is 0. The molecule has 0 unspecified atom stereocenters. The number of hydrogen-bond acceptors (Lipinski definition) is 4. The molecule has 88 valence electrons. The summed E-state index contributed by atoms with van der Waals surface area (Å²) in [4.78, 5) is 14.1. The van der Waals surface area contributed by atoms with Crippen molar-refractivity contribution in [3.63, 3.8) is 0 Å². The first-order valence-electron chi connectivity index (χ1n) is 5.10. The molecule has 2 aromatic heterocycles. The van der Waals surface area contributed by atoms with Gasteiger partial charge in [-0.2, -0.15) is 0 Å². The van der Waals surface area contributed by atoms with E-state index in [1.54, 1.807) is 10.7 Å². The normalized spacial score (nSPS) is 10.2. The Morgan fingerprint density at radius 2 is 1.94 bits per heavy atom. The van der Waals surface area contributed by atoms with Gasteiger partial charge < -0.3 is 0 Å². The van der Waals surface area contributed by atoms with Crippen LogP contribution in [-0.4, -0.2) is 14.6 Å². The maximum atomic E-state index is 10.8. The fourth-order valence-electron chi connectivity index (χ4n) is 1.59. The largest absolute Gasteiger partial charge is 0.312 e. The lowest BCUT2D eigenvalue weighted by Gasteiger charge is -2.12. The Morgan fingerprint density at radius 1 is 1.29 bits per heavy atom. The Morgan fingerprint density at radius 3 is 2.53 bits per heavy atom. The highest BCUT2D eigenvalue weighted by atomic mass is 16.6. The third-order valence-corrected chi connectivity index (χ3v) is 2.50. The van der Waals surface area contributed by atoms with Gasteiger partial charge in [-0.05, 0) is 32.0 Å². The molecule has 0 aromatic carbocycles. The average molecular weight is 232 g/mol. The van der Waals surface area contributed by atoms with Gasteiger partial charge in [-0.1, -0.05) is 0 Å². The van der Waals surface area contributed by atoms with Crippen molar-refractivity contribution in [3.05, 3.63) is 52.1 Å². The molecule has 0 aliphatic heterocycles. The number of rotatable bonds is 3. The van der Waals surface area contributed by atoms with Crippen LogP contribution in [0.4, 0.5) is 11.4 Å². The van der Waals surface area contributed by atoms with Gasteiger partial charge in [0, 0.05) is 17.6 Å². The molecule has 0 radical (unpaired) electrons. The molecular formula is C11H12N4O2. The van der Waals surface area contributed by atoms with Crippen LogP contribution in [0.25, 0.3) is 0 Å². The van der Waals surface area contributed by atoms with E-state index in [-0.39, 0.29) is 5.69 Å². The molecule has 17 heavy (non-hydrogen) atoms. The zero-order valence-electron chi connectivity index (χ0n) is 9.54. The smallest absolute Gasteiger partial charge is 0.288 e. The molecule has 6 nitrogen and oxygen atoms in total. The zero-order chi connectivity index (χ0) is 12.4. The van der Waals surface area contributed by atoms with E-state index in [1.165, 1.54) is 12.4 Å². The average Bonchev–Trinajstić information content (AvgIpc) is 2.61. The Hall–Kier alpha value is -2.37. The first-order chi connectivity index (χ1) is 8.09. The molecule has 2 aromatic rings. The molecule has 0 saturated heterocycles. The summed E-state index contributed by atoms with van der Waals surface area (Å²) in [5.74, 6) is 0. The van der Waals surface area contributed by atoms with Gasteiger partial charge in [-0.15, -0.1) is 0 Å². The molecule has 2 heterocycles. The van der Waals surface area contributed by atoms with Gasteiger partial charge in [-0.3, -0.25) is 25.2 Å². The van der Waals surface area contributed by atoms with Gasteiger partial charge in [0.25, 0.3) is 0 Å². The number of nitro groups is 1. The number of hydrogen-bond donors (Lipinski definition) is 1. The van der Waals surface area contributed by atoms with E-state index >= 15 is 0 Å². The first-order valence-corrected chi connectivity index (χ1v) is 5.10. The van der Waals surface area contributed by atoms with Crippen molar-refractivity contribution in [2.75, 3.05) is 5.43 Å². The van der Waals surface area contributed by atoms with Crippen LogP contribution in [-0.2, 0) is 0 Å². The minimum Gasteiger partial charge on any atom is -0.288 e. The maximum absolute atomic E-state index is 10.8. The van der Waals surface area contributed by atoms with E-state index in [0.717, 1.165) is 11.4 Å². The lowest BCUT2D eigenvalue weighted by atomic mass is 10.3. The summed E-state index contributed by atoms with van der Waals surface area (Å²) in [6, 6.07) is 5.46. The standard InChI is InChI=1S/C11H12N4O2/c1-8-3-4-9(2)14(8)13-10-5-6-12-7-11(10)15(16)17/h3-7H,1-2H3,(H,12,13). The molecule has 0 fully saturated rings. The van der Waals surface area contributed by atoms with Crippen LogP contribution < -0.4 is 5.43 Å². The number of pyridine rings is 1. The minimum atomic E-state index is -0.455. The summed E-state index contributed by atoms with van der Waals surface area (Å²) in [5, 5.41) is 10.8. The van der Waals surface area contributed by atoms with Crippen LogP contribution in [0.2, 0.25) is 0 Å². The Labute approximate surface area is 98.0 Å². The van der Waals surface area contributed by atoms with E-state index in [4.69, 9.17) is 0 Å². The lowest BCUT2D eigenvalue weighted by molar-refractivity contribution is -0.384. The van der Waals surface area contributed by atoms with E-state index in [0.29, 0.717) is 5.69 Å². The maximum Gasteiger partial charge on any atom is 0.312 e. The quantitative estimate of drug-likeness (QED) is 0.650. The Bertz CT molecular complexity index is 543. The van der Waals surface area contributed by atoms with E-state index in [2.05, 4.69) is 10.4 Å². The van der Waals surface area contributed by atoms with Gasteiger partial charge in [0.2, 0.25) is 0 Å². The fraction of sp³-hybridized carbons (Fsp3) is 0.182. The molecule has 0 amide bonds. The molecule has 6 heteroatoms. The van der Waals surface area contributed by atoms with Crippen molar-refractivity contribution in [2.45, 2.75) is 13.8 Å². The second kappa shape index (κ2) is 4.25. The predicted octanol–water partition coefficient (Wildman–Crippen LogP) is 2.28. The second-order valence-corrected chi connectivity index (χ2v) is 3.71. The molecule has 0 aliphatic carbocycles. The van der Waals surface area contributed by atoms with Gasteiger partial charge in [0.15, 0.2) is 0 Å². The molecule has 0 bridgehead atoms. The molecule has 0 spiro atoms. The third-order valence-electron chi connectivity index (χ3n) is 2.50. The van der Waals surface area contributed by atoms with Gasteiger partial charge in [0.1, 0.15) is 11.9 Å². The first kappa shape index (κ1) is 11.1. The summed E-state index contributed by atoms with van der Waals surface area (Å²) in [5.41, 5.74) is 5.35. The van der Waals surface area contributed by atoms with E-state index in [9.17, 15) is 10.1 Å². The van der Waals surface area contributed by atoms with Gasteiger partial charge >= 0.3 is 5.69 Å². The Balaban J connectivity index is 2.40. The molecule has 0 aliphatic rings. The van der Waals surface area contributed by atoms with Crippen LogP contribution in [0.3, 0.4) is 0 Å². The van der Waals surface area contributed by atoms with Crippen LogP contribution in [0.5, 0.6) is 0 Å². The molecule has 1 N–H and O–H groups in total. The number of nitrogens with one attached hydrogen (secondary N) is 1. The van der Waals surface area contributed by atoms with Crippen molar-refractivity contribution in [3.8, 4) is 0 Å². The summed E-state index contributed by atoms with van der Waals surface area (Å²) in [7, 11) is 0. The van der Waals surface area contributed by atoms with Crippen molar-refractivity contribution < 1.29 is 4.92 Å². The Kier molecular flexibility index (Phi) is 2.78. The monoisotopic (exact) mass is 232 g/mol. The number of anilines is 1. The van der Waals surface area contributed by atoms with Crippen LogP contribution in [0, 0.1) is 24.0 Å². The highest BCUT2D eigenvalue weighted by Gasteiger charge is 2.14. The highest BCUT2D eigenvalue weighted by Crippen LogP contribution is 2.23. The van der Waals surface area contributed by atoms with Crippen LogP contribution in [0.1, 0.15) is 11.4 Å². The minimum absolute atomic E-state index is 0.0417. The zero-order valence-corrected chi connectivity index (χ0v) is 9.54. The van der Waals surface area contributed by atoms with Crippen LogP contribution in [0.15, 0.2) is 30.6 Å². The van der Waals surface area contributed by atoms with Crippen molar-refractivity contribution in [1.29, 1.82) is 0 Å². The molecule has 2 rings (SSSR count). The molecule has 0 saturated carbocycles. The topological polar surface area (TPSA) is 73.0 Å². The summed E-state index contributed by atoms with van der Waals surface area (Å²) in [6.45, 7) is 3.85. The second-order valence-electron chi connectivity index (χ2n) is 3.71. The number of aromatic nitrogens is 2. The van der Waals surface area contributed by atoms with E-state index in [1.807, 2.05) is 26.0 Å². The highest BCUT2D eigenvalue weighted by molar-refractivity contribution is 5.59. The van der Waals surface area contributed by atoms with Gasteiger partial charge in [-0.25, -0.2) is 0 Å². The van der Waals surface area contributed by atoms with Crippen molar-refractivity contribution in [1.82, 2.24) is 9.66 Å². The van der Waals surface area contributed by atoms with Crippen molar-refractivity contribution in [2.24, 2.45) is 0 Å². The lowest BCUT2D eigenvalue weighted by Crippen LogP contribution is -2.13. The van der Waals surface area contributed by atoms with E-state index < -0.39 is 4.92 Å². The third kappa shape index (κ3) is 2.10. The summed E-state index contributed by atoms with van der Waals surface area (Å²) in [6.07, 6.45) is 2.75. The van der Waals surface area contributed by atoms with Crippen LogP contribution >= 0.6 is 0 Å². The summed E-state index contributed by atoms with van der Waals surface area (Å²) < 4.78 is 1.79. The SMILES string of the molecule is Cc1ccc(C)n1Nc1ccncc1[N+](=O)[O-].